The van der Waals surface area contributed by atoms with Crippen molar-refractivity contribution < 1.29 is 9.90 Å². The first-order chi connectivity index (χ1) is 9.77. The number of phenolic OH excluding ortho intramolecular Hbond substituents is 1. The zero-order chi connectivity index (χ0) is 15.6. The summed E-state index contributed by atoms with van der Waals surface area (Å²) in [4.78, 5) is 12.1. The predicted octanol–water partition coefficient (Wildman–Crippen LogP) is 4.60. The number of phenols is 1. The number of carbonyl (C=O) groups is 1. The fourth-order valence-electron chi connectivity index (χ4n) is 1.92. The summed E-state index contributed by atoms with van der Waals surface area (Å²) < 4.78 is 0. The van der Waals surface area contributed by atoms with Crippen LogP contribution in [0, 0.1) is 0 Å². The van der Waals surface area contributed by atoms with Crippen LogP contribution in [0.1, 0.15) is 36.7 Å². The third kappa shape index (κ3) is 3.76. The molecule has 110 valence electrons. The molecule has 0 aliphatic carbocycles. The standard InChI is InChI=1S/C17H18ClNO2/c1-17(2,3)12-6-4-11(5-7-12)16(21)19-13-8-9-14(18)15(20)10-13/h4-10,20H,1-3H3,(H,19,21). The maximum atomic E-state index is 12.1. The number of carbonyl (C=O) groups excluding carboxylic acids is 1. The highest BCUT2D eigenvalue weighted by Gasteiger charge is 2.14. The van der Waals surface area contributed by atoms with Gasteiger partial charge in [-0.15, -0.1) is 0 Å². The molecular weight excluding hydrogens is 286 g/mol. The maximum absolute atomic E-state index is 12.1. The molecule has 1 amide bonds. The molecule has 0 unspecified atom stereocenters. The van der Waals surface area contributed by atoms with Gasteiger partial charge >= 0.3 is 0 Å². The summed E-state index contributed by atoms with van der Waals surface area (Å²) in [5.74, 6) is -0.283. The largest absolute Gasteiger partial charge is 0.506 e. The number of rotatable bonds is 2. The first-order valence-corrected chi connectivity index (χ1v) is 7.05. The fraction of sp³-hybridized carbons (Fsp3) is 0.235. The van der Waals surface area contributed by atoms with Crippen LogP contribution in [-0.4, -0.2) is 11.0 Å². The van der Waals surface area contributed by atoms with Gasteiger partial charge in [0.05, 0.1) is 5.02 Å². The second-order valence-corrected chi connectivity index (χ2v) is 6.35. The molecule has 0 bridgehead atoms. The summed E-state index contributed by atoms with van der Waals surface area (Å²) in [6, 6.07) is 12.1. The summed E-state index contributed by atoms with van der Waals surface area (Å²) in [6.45, 7) is 6.37. The Morgan fingerprint density at radius 2 is 1.71 bits per heavy atom. The first kappa shape index (κ1) is 15.4. The van der Waals surface area contributed by atoms with Crippen molar-refractivity contribution in [1.29, 1.82) is 0 Å². The zero-order valence-electron chi connectivity index (χ0n) is 12.3. The summed E-state index contributed by atoms with van der Waals surface area (Å²) >= 11 is 5.73. The van der Waals surface area contributed by atoms with E-state index in [1.807, 2.05) is 12.1 Å². The lowest BCUT2D eigenvalue weighted by atomic mass is 9.87. The topological polar surface area (TPSA) is 49.3 Å². The van der Waals surface area contributed by atoms with Gasteiger partial charge in [-0.25, -0.2) is 0 Å². The van der Waals surface area contributed by atoms with E-state index in [2.05, 4.69) is 26.1 Å². The lowest BCUT2D eigenvalue weighted by Crippen LogP contribution is -2.14. The van der Waals surface area contributed by atoms with Crippen molar-refractivity contribution in [3.63, 3.8) is 0 Å². The van der Waals surface area contributed by atoms with Crippen LogP contribution < -0.4 is 5.32 Å². The molecule has 0 saturated carbocycles. The molecule has 4 heteroatoms. The Labute approximate surface area is 129 Å². The number of amides is 1. The van der Waals surface area contributed by atoms with Gasteiger partial charge in [0.2, 0.25) is 0 Å². The number of benzene rings is 2. The van der Waals surface area contributed by atoms with E-state index in [1.165, 1.54) is 17.7 Å². The molecular formula is C17H18ClNO2. The van der Waals surface area contributed by atoms with Crippen molar-refractivity contribution in [2.75, 3.05) is 5.32 Å². The van der Waals surface area contributed by atoms with Crippen molar-refractivity contribution in [3.8, 4) is 5.75 Å². The number of aromatic hydroxyl groups is 1. The molecule has 0 aliphatic heterocycles. The summed E-state index contributed by atoms with van der Waals surface area (Å²) in [7, 11) is 0. The van der Waals surface area contributed by atoms with Crippen LogP contribution in [-0.2, 0) is 5.41 Å². The number of anilines is 1. The summed E-state index contributed by atoms with van der Waals surface area (Å²) in [5, 5.41) is 12.5. The molecule has 0 saturated heterocycles. The van der Waals surface area contributed by atoms with Gasteiger partial charge in [-0.2, -0.15) is 0 Å². The highest BCUT2D eigenvalue weighted by molar-refractivity contribution is 6.32. The molecule has 0 heterocycles. The Kier molecular flexibility index (Phi) is 4.24. The van der Waals surface area contributed by atoms with Gasteiger partial charge in [-0.3, -0.25) is 4.79 Å². The quantitative estimate of drug-likeness (QED) is 0.852. The molecule has 2 rings (SSSR count). The monoisotopic (exact) mass is 303 g/mol. The van der Waals surface area contributed by atoms with Gasteiger partial charge in [-0.05, 0) is 35.2 Å². The molecule has 21 heavy (non-hydrogen) atoms. The third-order valence-electron chi connectivity index (χ3n) is 3.22. The second-order valence-electron chi connectivity index (χ2n) is 5.95. The van der Waals surface area contributed by atoms with E-state index in [0.717, 1.165) is 0 Å². The van der Waals surface area contributed by atoms with Crippen molar-refractivity contribution in [2.45, 2.75) is 26.2 Å². The van der Waals surface area contributed by atoms with Crippen LogP contribution in [0.15, 0.2) is 42.5 Å². The van der Waals surface area contributed by atoms with E-state index >= 15 is 0 Å². The number of halogens is 1. The Hall–Kier alpha value is -2.00. The van der Waals surface area contributed by atoms with Gasteiger partial charge in [0.25, 0.3) is 5.91 Å². The number of hydrogen-bond donors (Lipinski definition) is 2. The van der Waals surface area contributed by atoms with Crippen molar-refractivity contribution in [1.82, 2.24) is 0 Å². The average Bonchev–Trinajstić information content (AvgIpc) is 2.42. The van der Waals surface area contributed by atoms with Gasteiger partial charge in [0, 0.05) is 17.3 Å². The van der Waals surface area contributed by atoms with Crippen LogP contribution in [0.2, 0.25) is 5.02 Å². The minimum Gasteiger partial charge on any atom is -0.506 e. The van der Waals surface area contributed by atoms with Gasteiger partial charge in [0.15, 0.2) is 0 Å². The van der Waals surface area contributed by atoms with E-state index in [1.54, 1.807) is 18.2 Å². The third-order valence-corrected chi connectivity index (χ3v) is 3.54. The lowest BCUT2D eigenvalue weighted by Gasteiger charge is -2.19. The van der Waals surface area contributed by atoms with Gasteiger partial charge in [0.1, 0.15) is 5.75 Å². The number of nitrogens with one attached hydrogen (secondary N) is 1. The van der Waals surface area contributed by atoms with Crippen molar-refractivity contribution in [3.05, 3.63) is 58.6 Å². The van der Waals surface area contributed by atoms with Gasteiger partial charge < -0.3 is 10.4 Å². The average molecular weight is 304 g/mol. The highest BCUT2D eigenvalue weighted by atomic mass is 35.5. The van der Waals surface area contributed by atoms with Crippen LogP contribution in [0.5, 0.6) is 5.75 Å². The molecule has 0 spiro atoms. The van der Waals surface area contributed by atoms with Crippen LogP contribution >= 0.6 is 11.6 Å². The smallest absolute Gasteiger partial charge is 0.255 e. The van der Waals surface area contributed by atoms with E-state index in [4.69, 9.17) is 11.6 Å². The Balaban J connectivity index is 2.15. The molecule has 0 radical (unpaired) electrons. The summed E-state index contributed by atoms with van der Waals surface area (Å²) in [5.41, 5.74) is 2.29. The molecule has 0 atom stereocenters. The molecule has 3 nitrogen and oxygen atoms in total. The van der Waals surface area contributed by atoms with E-state index in [0.29, 0.717) is 11.3 Å². The summed E-state index contributed by atoms with van der Waals surface area (Å²) in [6.07, 6.45) is 0. The SMILES string of the molecule is CC(C)(C)c1ccc(C(=O)Nc2ccc(Cl)c(O)c2)cc1. The predicted molar refractivity (Wildman–Crippen MR) is 86.2 cm³/mol. The molecule has 0 aromatic heterocycles. The van der Waals surface area contributed by atoms with Crippen molar-refractivity contribution in [2.24, 2.45) is 0 Å². The van der Waals surface area contributed by atoms with E-state index in [9.17, 15) is 9.90 Å². The van der Waals surface area contributed by atoms with Crippen LogP contribution in [0.25, 0.3) is 0 Å². The van der Waals surface area contributed by atoms with Crippen molar-refractivity contribution >= 4 is 23.2 Å². The molecule has 2 N–H and O–H groups in total. The Morgan fingerprint density at radius 3 is 2.24 bits per heavy atom. The fourth-order valence-corrected chi connectivity index (χ4v) is 2.03. The first-order valence-electron chi connectivity index (χ1n) is 6.68. The van der Waals surface area contributed by atoms with Crippen LogP contribution in [0.4, 0.5) is 5.69 Å². The van der Waals surface area contributed by atoms with Gasteiger partial charge in [-0.1, -0.05) is 44.5 Å². The molecule has 0 aliphatic rings. The molecule has 0 fully saturated rings. The number of hydrogen-bond acceptors (Lipinski definition) is 2. The van der Waals surface area contributed by atoms with E-state index in [-0.39, 0.29) is 22.1 Å². The van der Waals surface area contributed by atoms with Crippen LogP contribution in [0.3, 0.4) is 0 Å². The molecule has 2 aromatic carbocycles. The minimum atomic E-state index is -0.225. The zero-order valence-corrected chi connectivity index (χ0v) is 13.0. The Bertz CT molecular complexity index is 657. The second kappa shape index (κ2) is 5.78. The normalized spacial score (nSPS) is 11.2. The maximum Gasteiger partial charge on any atom is 0.255 e. The minimum absolute atomic E-state index is 0.0526. The van der Waals surface area contributed by atoms with E-state index < -0.39 is 0 Å². The lowest BCUT2D eigenvalue weighted by molar-refractivity contribution is 0.102. The Morgan fingerprint density at radius 1 is 1.10 bits per heavy atom. The molecule has 2 aromatic rings. The highest BCUT2D eigenvalue weighted by Crippen LogP contribution is 2.27.